The average molecular weight is 727 g/mol. The minimum Gasteiger partial charge on any atom is -0.508 e. The van der Waals surface area contributed by atoms with Gasteiger partial charge in [0.2, 0.25) is 11.8 Å². The third-order valence-corrected chi connectivity index (χ3v) is 16.3. The van der Waals surface area contributed by atoms with Crippen LogP contribution >= 0.6 is 0 Å². The van der Waals surface area contributed by atoms with E-state index < -0.39 is 20.2 Å². The van der Waals surface area contributed by atoms with Gasteiger partial charge in [-0.2, -0.15) is 0 Å². The van der Waals surface area contributed by atoms with Crippen molar-refractivity contribution in [3.63, 3.8) is 0 Å². The van der Waals surface area contributed by atoms with Gasteiger partial charge < -0.3 is 14.3 Å². The molecule has 3 aliphatic rings. The minimum atomic E-state index is -2.89. The lowest BCUT2D eigenvalue weighted by molar-refractivity contribution is -0.140. The van der Waals surface area contributed by atoms with Gasteiger partial charge in [-0.25, -0.2) is 0 Å². The van der Waals surface area contributed by atoms with Crippen LogP contribution in [0.1, 0.15) is 64.6 Å². The van der Waals surface area contributed by atoms with E-state index in [1.807, 2.05) is 49.4 Å². The number of imide groups is 1. The Labute approximate surface area is 314 Å². The molecule has 3 aromatic carbocycles. The number of benzene rings is 3. The van der Waals surface area contributed by atoms with Crippen LogP contribution in [0, 0.1) is 17.8 Å². The second-order valence-electron chi connectivity index (χ2n) is 15.6. The highest BCUT2D eigenvalue weighted by Gasteiger charge is 2.57. The van der Waals surface area contributed by atoms with E-state index in [2.05, 4.69) is 80.4 Å². The van der Waals surface area contributed by atoms with Crippen LogP contribution in [0.2, 0.25) is 5.04 Å². The zero-order valence-electron chi connectivity index (χ0n) is 31.2. The molecule has 2 saturated heterocycles. The molecule has 0 radical (unpaired) electrons. The molecule has 0 bridgehead atoms. The van der Waals surface area contributed by atoms with Gasteiger partial charge in [-0.3, -0.25) is 19.5 Å². The first-order valence-corrected chi connectivity index (χ1v) is 20.9. The molecule has 274 valence electrons. The molecule has 7 rings (SSSR count). The van der Waals surface area contributed by atoms with E-state index in [-0.39, 0.29) is 34.6 Å². The fourth-order valence-corrected chi connectivity index (χ4v) is 13.5. The Balaban J connectivity index is 1.28. The summed E-state index contributed by atoms with van der Waals surface area (Å²) in [6, 6.07) is 34.4. The van der Waals surface area contributed by atoms with Crippen LogP contribution in [0.4, 0.5) is 0 Å². The first-order valence-electron chi connectivity index (χ1n) is 19.0. The Morgan fingerprint density at radius 2 is 1.62 bits per heavy atom. The van der Waals surface area contributed by atoms with Gasteiger partial charge in [-0.05, 0) is 93.7 Å². The minimum absolute atomic E-state index is 0.0567. The number of amides is 2. The summed E-state index contributed by atoms with van der Waals surface area (Å²) in [5.74, 6) is -0.900. The van der Waals surface area contributed by atoms with E-state index in [4.69, 9.17) is 9.16 Å². The summed E-state index contributed by atoms with van der Waals surface area (Å²) in [4.78, 5) is 34.0. The standard InChI is InChI=1S/C45H50N2O5Si/c1-5-25-47-43(49)37-28-33(29-52-53(45(2,3)4,35-17-8-6-9-18-35)36-19-10-7-11-20-36)41-38(42(37)44(47)50)30-51-40(41)23-22-32(39-21-12-13-24-46-39)26-31-15-14-16-34(48)27-31/h6-21,24,26-27,37-38,40,42,48H,5,22-23,25,28-30H2,1-4H3/b32-26-/t37-,38+,40-,42-/m1/s1. The molecule has 4 aromatic rings. The number of rotatable bonds is 12. The highest BCUT2D eigenvalue weighted by atomic mass is 28.4. The Hall–Kier alpha value is -4.63. The molecule has 2 fully saturated rings. The molecular weight excluding hydrogens is 677 g/mol. The van der Waals surface area contributed by atoms with Crippen molar-refractivity contribution in [2.75, 3.05) is 19.8 Å². The number of ether oxygens (including phenoxy) is 1. The highest BCUT2D eigenvalue weighted by Crippen LogP contribution is 2.50. The van der Waals surface area contributed by atoms with E-state index in [1.54, 1.807) is 18.3 Å². The number of aromatic nitrogens is 1. The van der Waals surface area contributed by atoms with E-state index in [0.29, 0.717) is 39.0 Å². The SMILES string of the molecule is CCCN1C(=O)[C@@H]2[C@@H](CC(CO[Si](c3ccccc3)(c3ccccc3)C(C)(C)C)=C3[C@@H](CC/C(=C/c4cccc(O)c4)c4ccccn4)OC[C@@H]32)C1=O. The number of carbonyl (C=O) groups is 2. The maximum atomic E-state index is 14.0. The van der Waals surface area contributed by atoms with Gasteiger partial charge in [0.05, 0.1) is 36.8 Å². The average Bonchev–Trinajstić information content (AvgIpc) is 3.69. The third kappa shape index (κ3) is 7.08. The lowest BCUT2D eigenvalue weighted by atomic mass is 9.69. The molecule has 2 aliphatic heterocycles. The Morgan fingerprint density at radius 1 is 0.925 bits per heavy atom. The van der Waals surface area contributed by atoms with Crippen LogP contribution < -0.4 is 10.4 Å². The van der Waals surface area contributed by atoms with E-state index in [9.17, 15) is 14.7 Å². The van der Waals surface area contributed by atoms with Gasteiger partial charge in [0.1, 0.15) is 5.75 Å². The molecule has 7 nitrogen and oxygen atoms in total. The Kier molecular flexibility index (Phi) is 10.7. The van der Waals surface area contributed by atoms with Crippen molar-refractivity contribution in [3.8, 4) is 5.75 Å². The summed E-state index contributed by atoms with van der Waals surface area (Å²) in [5, 5.41) is 12.4. The maximum Gasteiger partial charge on any atom is 0.261 e. The normalized spacial score (nSPS) is 22.0. The first kappa shape index (κ1) is 36.7. The second kappa shape index (κ2) is 15.4. The van der Waals surface area contributed by atoms with Crippen LogP contribution in [0.5, 0.6) is 5.75 Å². The Morgan fingerprint density at radius 3 is 2.25 bits per heavy atom. The zero-order valence-corrected chi connectivity index (χ0v) is 32.2. The van der Waals surface area contributed by atoms with Crippen molar-refractivity contribution >= 4 is 42.2 Å². The van der Waals surface area contributed by atoms with Gasteiger partial charge in [-0.15, -0.1) is 0 Å². The van der Waals surface area contributed by atoms with E-state index in [1.165, 1.54) is 15.3 Å². The van der Waals surface area contributed by atoms with Gasteiger partial charge in [0, 0.05) is 18.7 Å². The summed E-state index contributed by atoms with van der Waals surface area (Å²) >= 11 is 0. The number of aromatic hydroxyl groups is 1. The van der Waals surface area contributed by atoms with E-state index in [0.717, 1.165) is 34.4 Å². The van der Waals surface area contributed by atoms with Crippen LogP contribution in [-0.4, -0.2) is 61.0 Å². The van der Waals surface area contributed by atoms with Gasteiger partial charge in [-0.1, -0.05) is 107 Å². The number of likely N-dealkylation sites (tertiary alicyclic amines) is 1. The maximum absolute atomic E-state index is 14.0. The third-order valence-electron chi connectivity index (χ3n) is 11.3. The molecular formula is C45H50N2O5Si. The van der Waals surface area contributed by atoms with Crippen molar-refractivity contribution in [3.05, 3.63) is 132 Å². The van der Waals surface area contributed by atoms with Crippen LogP contribution in [-0.2, 0) is 18.8 Å². The van der Waals surface area contributed by atoms with Crippen molar-refractivity contribution < 1.29 is 23.9 Å². The first-order chi connectivity index (χ1) is 25.6. The van der Waals surface area contributed by atoms with Gasteiger partial charge in [0.15, 0.2) is 0 Å². The molecule has 4 atom stereocenters. The molecule has 0 spiro atoms. The molecule has 2 amide bonds. The molecule has 0 saturated carbocycles. The largest absolute Gasteiger partial charge is 0.508 e. The lowest BCUT2D eigenvalue weighted by Gasteiger charge is -2.44. The molecule has 8 heteroatoms. The molecule has 1 aromatic heterocycles. The summed E-state index contributed by atoms with van der Waals surface area (Å²) in [7, 11) is -2.89. The van der Waals surface area contributed by atoms with Gasteiger partial charge in [0.25, 0.3) is 8.32 Å². The van der Waals surface area contributed by atoms with E-state index >= 15 is 0 Å². The zero-order chi connectivity index (χ0) is 37.2. The number of nitrogens with zero attached hydrogens (tertiary/aromatic N) is 2. The number of hydrogen-bond acceptors (Lipinski definition) is 6. The van der Waals surface area contributed by atoms with Crippen molar-refractivity contribution in [2.45, 2.75) is 64.5 Å². The molecule has 3 heterocycles. The van der Waals surface area contributed by atoms with Gasteiger partial charge >= 0.3 is 0 Å². The molecule has 53 heavy (non-hydrogen) atoms. The van der Waals surface area contributed by atoms with Crippen LogP contribution in [0.15, 0.2) is 120 Å². The number of fused-ring (bicyclic) bond motifs is 3. The predicted octanol–water partition coefficient (Wildman–Crippen LogP) is 7.41. The number of phenols is 1. The Bertz CT molecular complexity index is 1950. The summed E-state index contributed by atoms with van der Waals surface area (Å²) in [6.07, 6.45) is 6.20. The van der Waals surface area contributed by atoms with Crippen molar-refractivity contribution in [1.29, 1.82) is 0 Å². The number of phenolic OH excluding ortho intramolecular Hbond substituents is 1. The smallest absolute Gasteiger partial charge is 0.261 e. The summed E-state index contributed by atoms with van der Waals surface area (Å²) in [5.41, 5.74) is 5.03. The fraction of sp³-hybridized carbons (Fsp3) is 0.356. The number of allylic oxidation sites excluding steroid dienone is 1. The quantitative estimate of drug-likeness (QED) is 0.0930. The van der Waals surface area contributed by atoms with Crippen molar-refractivity contribution in [2.24, 2.45) is 17.8 Å². The molecule has 1 aliphatic carbocycles. The summed E-state index contributed by atoms with van der Waals surface area (Å²) in [6.45, 7) is 10.0. The number of pyridine rings is 1. The van der Waals surface area contributed by atoms with Crippen molar-refractivity contribution in [1.82, 2.24) is 9.88 Å². The summed E-state index contributed by atoms with van der Waals surface area (Å²) < 4.78 is 14.2. The van der Waals surface area contributed by atoms with Crippen LogP contribution in [0.3, 0.4) is 0 Å². The number of carbonyl (C=O) groups excluding carboxylic acids is 2. The fourth-order valence-electron chi connectivity index (χ4n) is 9.00. The second-order valence-corrected chi connectivity index (χ2v) is 19.9. The monoisotopic (exact) mass is 726 g/mol. The molecule has 1 N–H and O–H groups in total. The topological polar surface area (TPSA) is 89.0 Å². The highest BCUT2D eigenvalue weighted by molar-refractivity contribution is 6.99. The predicted molar refractivity (Wildman–Crippen MR) is 212 cm³/mol. The lowest BCUT2D eigenvalue weighted by Crippen LogP contribution is -2.66. The van der Waals surface area contributed by atoms with Crippen LogP contribution in [0.25, 0.3) is 11.6 Å². The number of hydrogen-bond donors (Lipinski definition) is 1. The molecule has 0 unspecified atom stereocenters.